The van der Waals surface area contributed by atoms with Crippen molar-refractivity contribution in [3.8, 4) is 0 Å². The van der Waals surface area contributed by atoms with E-state index in [1.54, 1.807) is 0 Å². The Bertz CT molecular complexity index is 15.1. The maximum absolute atomic E-state index is 8.48. The van der Waals surface area contributed by atoms with Crippen LogP contribution in [-0.4, -0.2) is 0 Å². The van der Waals surface area contributed by atoms with Crippen LogP contribution in [0.25, 0.3) is 0 Å². The Morgan fingerprint density at radius 2 is 1.00 bits per heavy atom. The fraction of sp³-hybridized carbons (Fsp3) is 0. The normalized spacial score (nSPS) is 5.25. The van der Waals surface area contributed by atoms with Gasteiger partial charge in [0.05, 0.1) is 0 Å². The summed E-state index contributed by atoms with van der Waals surface area (Å²) >= 11 is 0. The third-order valence-corrected chi connectivity index (χ3v) is 0.0556. The molecular weight excluding hydrogens is 149 g/mol. The molecule has 0 radical (unpaired) electrons. The van der Waals surface area contributed by atoms with E-state index < -0.39 is 0 Å². The van der Waals surface area contributed by atoms with Crippen molar-refractivity contribution in [1.82, 2.24) is 0 Å². The monoisotopic (exact) mass is 149 g/mol. The molecular formula is Na3O5+. The van der Waals surface area contributed by atoms with Crippen LogP contribution in [0.1, 0.15) is 0 Å². The Hall–Kier alpha value is 2.80. The Morgan fingerprint density at radius 1 is 0.750 bits per heavy atom. The van der Waals surface area contributed by atoms with Crippen LogP contribution in [0, 0.1) is 0 Å². The molecule has 0 heterocycles. The van der Waals surface area contributed by atoms with Crippen molar-refractivity contribution in [1.29, 1.82) is 0 Å². The van der Waals surface area contributed by atoms with Crippen LogP contribution in [0.4, 0.5) is 0 Å². The standard InChI is InChI=1S/3Na.H2O5/c;;;1-3-5-4-2/h;;;1-2H/q3*+1;/p-2. The van der Waals surface area contributed by atoms with Gasteiger partial charge in [-0.3, -0.25) is 10.1 Å². The van der Waals surface area contributed by atoms with Gasteiger partial charge in [0.2, 0.25) is 0 Å². The average Bonchev–Trinajstić information content (AvgIpc) is 1.41. The van der Waals surface area contributed by atoms with E-state index >= 15 is 0 Å². The summed E-state index contributed by atoms with van der Waals surface area (Å²) in [7, 11) is 0. The molecule has 0 aromatic heterocycles. The van der Waals surface area contributed by atoms with Crippen LogP contribution < -0.4 is 99.2 Å². The summed E-state index contributed by atoms with van der Waals surface area (Å²) in [6.45, 7) is 0. The number of hydrogen-bond donors (Lipinski definition) is 0. The summed E-state index contributed by atoms with van der Waals surface area (Å²) in [5.74, 6) is 0. The van der Waals surface area contributed by atoms with Gasteiger partial charge in [-0.05, 0) is 0 Å². The Kier molecular flexibility index (Phi) is 63.3. The van der Waals surface area contributed by atoms with E-state index in [4.69, 9.17) is 10.5 Å². The molecule has 0 aliphatic carbocycles. The van der Waals surface area contributed by atoms with Gasteiger partial charge in [-0.25, -0.2) is 0 Å². The summed E-state index contributed by atoms with van der Waals surface area (Å²) in [5, 5.41) is 24.5. The zero-order chi connectivity index (χ0) is 4.12. The number of hydrogen-bond acceptors (Lipinski definition) is 5. The van der Waals surface area contributed by atoms with Gasteiger partial charge < -0.3 is 10.5 Å². The molecule has 32 valence electrons. The number of rotatable bonds is 2. The molecule has 0 aromatic carbocycles. The van der Waals surface area contributed by atoms with E-state index in [1.807, 2.05) is 0 Å². The SMILES string of the molecule is [Na+].[Na+].[Na+].[O-]OOO[O-]. The molecule has 0 saturated heterocycles. The first-order valence-electron chi connectivity index (χ1n) is 0.667. The molecule has 0 aliphatic rings. The molecule has 0 amide bonds. The fourth-order valence-corrected chi connectivity index (χ4v) is 0.0113. The van der Waals surface area contributed by atoms with Crippen LogP contribution in [-0.2, 0) is 15.1 Å². The second kappa shape index (κ2) is 22.6. The summed E-state index contributed by atoms with van der Waals surface area (Å²) in [5.41, 5.74) is 0. The van der Waals surface area contributed by atoms with E-state index in [0.29, 0.717) is 0 Å². The van der Waals surface area contributed by atoms with Crippen molar-refractivity contribution in [2.45, 2.75) is 0 Å². The zero-order valence-electron chi connectivity index (χ0n) is 5.04. The first-order chi connectivity index (χ1) is 2.41. The minimum absolute atomic E-state index is 0. The summed E-state index contributed by atoms with van der Waals surface area (Å²) < 4.78 is 0. The van der Waals surface area contributed by atoms with Crippen LogP contribution in [0.2, 0.25) is 0 Å². The third kappa shape index (κ3) is 23.2. The van der Waals surface area contributed by atoms with Gasteiger partial charge in [-0.1, -0.05) is 5.04 Å². The van der Waals surface area contributed by atoms with Crippen molar-refractivity contribution < 1.29 is 114 Å². The molecule has 0 unspecified atom stereocenters. The van der Waals surface area contributed by atoms with Gasteiger partial charge in [0, 0.05) is 0 Å². The Labute approximate surface area is 112 Å². The van der Waals surface area contributed by atoms with Gasteiger partial charge >= 0.3 is 88.7 Å². The Balaban J connectivity index is -0.0000000267. The van der Waals surface area contributed by atoms with Crippen molar-refractivity contribution >= 4 is 0 Å². The van der Waals surface area contributed by atoms with Crippen molar-refractivity contribution in [3.05, 3.63) is 0 Å². The largest absolute Gasteiger partial charge is 1.00 e. The molecule has 5 nitrogen and oxygen atoms in total. The quantitative estimate of drug-likeness (QED) is 0.221. The first-order valence-corrected chi connectivity index (χ1v) is 0.667. The van der Waals surface area contributed by atoms with Crippen molar-refractivity contribution in [2.24, 2.45) is 0 Å². The molecule has 8 heteroatoms. The van der Waals surface area contributed by atoms with E-state index in [9.17, 15) is 0 Å². The topological polar surface area (TPSA) is 73.8 Å². The van der Waals surface area contributed by atoms with Gasteiger partial charge in [0.25, 0.3) is 0 Å². The van der Waals surface area contributed by atoms with E-state index in [-0.39, 0.29) is 88.7 Å². The van der Waals surface area contributed by atoms with E-state index in [2.05, 4.69) is 15.1 Å². The van der Waals surface area contributed by atoms with Gasteiger partial charge in [-0.2, -0.15) is 0 Å². The average molecular weight is 149 g/mol. The molecule has 0 aliphatic heterocycles. The molecule has 0 fully saturated rings. The van der Waals surface area contributed by atoms with E-state index in [0.717, 1.165) is 0 Å². The molecule has 0 N–H and O–H groups in total. The Morgan fingerprint density at radius 3 is 1.00 bits per heavy atom. The van der Waals surface area contributed by atoms with Gasteiger partial charge in [0.15, 0.2) is 0 Å². The minimum atomic E-state index is 0. The molecule has 0 aromatic rings. The van der Waals surface area contributed by atoms with Crippen LogP contribution in [0.3, 0.4) is 0 Å². The molecule has 8 heavy (non-hydrogen) atoms. The smallest absolute Gasteiger partial charge is 0.690 e. The van der Waals surface area contributed by atoms with Crippen molar-refractivity contribution in [3.63, 3.8) is 0 Å². The van der Waals surface area contributed by atoms with Crippen molar-refractivity contribution in [2.75, 3.05) is 0 Å². The zero-order valence-corrected chi connectivity index (χ0v) is 11.0. The first kappa shape index (κ1) is 22.4. The maximum atomic E-state index is 8.48. The maximum Gasteiger partial charge on any atom is 1.00 e. The van der Waals surface area contributed by atoms with Gasteiger partial charge in [0.1, 0.15) is 0 Å². The third-order valence-electron chi connectivity index (χ3n) is 0.0556. The second-order valence-electron chi connectivity index (χ2n) is 0.204. The predicted molar refractivity (Wildman–Crippen MR) is 3.25 cm³/mol. The summed E-state index contributed by atoms with van der Waals surface area (Å²) in [6, 6.07) is 0. The molecule has 0 spiro atoms. The minimum Gasteiger partial charge on any atom is -0.690 e. The molecule has 0 atom stereocenters. The van der Waals surface area contributed by atoms with Crippen LogP contribution in [0.15, 0.2) is 0 Å². The summed E-state index contributed by atoms with van der Waals surface area (Å²) in [4.78, 5) is 0. The molecule has 0 rings (SSSR count). The predicted octanol–water partition coefficient (Wildman–Crippen LogP) is -11.6. The second-order valence-corrected chi connectivity index (χ2v) is 0.204. The summed E-state index contributed by atoms with van der Waals surface area (Å²) in [6.07, 6.45) is 0. The fourth-order valence-electron chi connectivity index (χ4n) is 0.0113. The van der Waals surface area contributed by atoms with Crippen LogP contribution in [0.5, 0.6) is 0 Å². The molecule has 0 bridgehead atoms. The molecule has 0 saturated carbocycles. The van der Waals surface area contributed by atoms with Crippen LogP contribution >= 0.6 is 0 Å². The van der Waals surface area contributed by atoms with E-state index in [1.165, 1.54) is 0 Å². The van der Waals surface area contributed by atoms with Gasteiger partial charge in [-0.15, -0.1) is 0 Å².